The summed E-state index contributed by atoms with van der Waals surface area (Å²) in [5.74, 6) is -0.520. The van der Waals surface area contributed by atoms with Crippen molar-refractivity contribution in [2.75, 3.05) is 19.8 Å². The van der Waals surface area contributed by atoms with E-state index in [0.717, 1.165) is 0 Å². The molecule has 5 nitrogen and oxygen atoms in total. The van der Waals surface area contributed by atoms with E-state index in [1.54, 1.807) is 6.92 Å². The normalized spacial score (nSPS) is 8.69. The highest BCUT2D eigenvalue weighted by Gasteiger charge is 2.04. The molecule has 0 aliphatic carbocycles. The van der Waals surface area contributed by atoms with Crippen LogP contribution in [0.1, 0.15) is 6.92 Å². The Hall–Kier alpha value is -1.52. The van der Waals surface area contributed by atoms with Gasteiger partial charge in [-0.25, -0.2) is 4.79 Å². The Labute approximate surface area is 76.7 Å². The second-order valence-electron chi connectivity index (χ2n) is 2.05. The Kier molecular flexibility index (Phi) is 6.31. The maximum absolute atomic E-state index is 10.8. The third kappa shape index (κ3) is 6.86. The number of amides is 1. The van der Waals surface area contributed by atoms with Crippen molar-refractivity contribution >= 4 is 12.1 Å². The van der Waals surface area contributed by atoms with E-state index in [-0.39, 0.29) is 19.8 Å². The van der Waals surface area contributed by atoms with Gasteiger partial charge >= 0.3 is 12.1 Å². The Morgan fingerprint density at radius 3 is 2.69 bits per heavy atom. The van der Waals surface area contributed by atoms with Crippen molar-refractivity contribution in [1.29, 1.82) is 0 Å². The molecule has 13 heavy (non-hydrogen) atoms. The number of carbonyl (C=O) groups excluding carboxylic acids is 2. The third-order valence-electron chi connectivity index (χ3n) is 1.01. The lowest BCUT2D eigenvalue weighted by atomic mass is 10.6. The summed E-state index contributed by atoms with van der Waals surface area (Å²) in [6.07, 6.45) is 0.820. The number of nitrogens with one attached hydrogen (secondary N) is 1. The second kappa shape index (κ2) is 7.15. The fraction of sp³-hybridized carbons (Fsp3) is 0.500. The van der Waals surface area contributed by atoms with Crippen LogP contribution in [0.5, 0.6) is 0 Å². The van der Waals surface area contributed by atoms with E-state index in [9.17, 15) is 9.59 Å². The van der Waals surface area contributed by atoms with Gasteiger partial charge in [-0.15, -0.1) is 0 Å². The first-order valence-electron chi connectivity index (χ1n) is 3.87. The van der Waals surface area contributed by atoms with E-state index in [0.29, 0.717) is 0 Å². The molecule has 0 aromatic heterocycles. The first kappa shape index (κ1) is 11.5. The van der Waals surface area contributed by atoms with Crippen LogP contribution >= 0.6 is 0 Å². The lowest BCUT2D eigenvalue weighted by Gasteiger charge is -2.04. The van der Waals surface area contributed by atoms with Crippen molar-refractivity contribution in [3.63, 3.8) is 0 Å². The molecule has 0 atom stereocenters. The highest BCUT2D eigenvalue weighted by atomic mass is 16.6. The van der Waals surface area contributed by atoms with Crippen LogP contribution in [-0.4, -0.2) is 31.8 Å². The predicted octanol–water partition coefficient (Wildman–Crippen LogP) is 0.462. The van der Waals surface area contributed by atoms with Crippen LogP contribution in [0, 0.1) is 0 Å². The lowest BCUT2D eigenvalue weighted by Crippen LogP contribution is -2.31. The van der Waals surface area contributed by atoms with Crippen molar-refractivity contribution in [2.24, 2.45) is 0 Å². The highest BCUT2D eigenvalue weighted by molar-refractivity contribution is 5.77. The number of hydrogen-bond acceptors (Lipinski definition) is 4. The maximum Gasteiger partial charge on any atom is 0.407 e. The van der Waals surface area contributed by atoms with Gasteiger partial charge in [0.1, 0.15) is 13.2 Å². The van der Waals surface area contributed by atoms with Gasteiger partial charge in [0.15, 0.2) is 0 Å². The first-order valence-corrected chi connectivity index (χ1v) is 3.87. The van der Waals surface area contributed by atoms with Crippen LogP contribution in [0.3, 0.4) is 0 Å². The van der Waals surface area contributed by atoms with E-state index >= 15 is 0 Å². The number of hydrogen-bond donors (Lipinski definition) is 1. The van der Waals surface area contributed by atoms with Crippen molar-refractivity contribution < 1.29 is 19.1 Å². The summed E-state index contributed by atoms with van der Waals surface area (Å²) < 4.78 is 9.11. The van der Waals surface area contributed by atoms with Crippen LogP contribution in [0.2, 0.25) is 0 Å². The zero-order valence-electron chi connectivity index (χ0n) is 7.54. The Bertz CT molecular complexity index is 191. The van der Waals surface area contributed by atoms with Gasteiger partial charge in [-0.05, 0) is 6.92 Å². The first-order chi connectivity index (χ1) is 6.20. The molecule has 0 spiro atoms. The van der Waals surface area contributed by atoms with E-state index < -0.39 is 12.1 Å². The Morgan fingerprint density at radius 2 is 2.15 bits per heavy atom. The number of carbonyl (C=O) groups is 2. The van der Waals surface area contributed by atoms with E-state index in [2.05, 4.69) is 21.4 Å². The molecule has 0 fully saturated rings. The van der Waals surface area contributed by atoms with Crippen molar-refractivity contribution in [2.45, 2.75) is 6.92 Å². The summed E-state index contributed by atoms with van der Waals surface area (Å²) in [4.78, 5) is 21.4. The molecule has 0 unspecified atom stereocenters. The summed E-state index contributed by atoms with van der Waals surface area (Å²) >= 11 is 0. The van der Waals surface area contributed by atoms with Gasteiger partial charge in [-0.1, -0.05) is 12.7 Å². The molecule has 0 bridgehead atoms. The Morgan fingerprint density at radius 1 is 1.46 bits per heavy atom. The average Bonchev–Trinajstić information content (AvgIpc) is 2.12. The van der Waals surface area contributed by atoms with Gasteiger partial charge < -0.3 is 14.8 Å². The minimum absolute atomic E-state index is 0.142. The average molecular weight is 187 g/mol. The SMILES string of the molecule is C=CCOC(=O)CNC(=O)OCC. The topological polar surface area (TPSA) is 64.6 Å². The quantitative estimate of drug-likeness (QED) is 0.501. The molecule has 1 amide bonds. The lowest BCUT2D eigenvalue weighted by molar-refractivity contribution is -0.141. The monoisotopic (exact) mass is 187 g/mol. The van der Waals surface area contributed by atoms with E-state index in [1.807, 2.05) is 0 Å². The zero-order valence-corrected chi connectivity index (χ0v) is 7.54. The van der Waals surface area contributed by atoms with Crippen LogP contribution in [0.25, 0.3) is 0 Å². The second-order valence-corrected chi connectivity index (χ2v) is 2.05. The van der Waals surface area contributed by atoms with Crippen molar-refractivity contribution in [3.8, 4) is 0 Å². The van der Waals surface area contributed by atoms with E-state index in [1.165, 1.54) is 6.08 Å². The fourth-order valence-electron chi connectivity index (χ4n) is 0.529. The predicted molar refractivity (Wildman–Crippen MR) is 46.2 cm³/mol. The molecule has 0 aromatic carbocycles. The molecule has 0 aromatic rings. The zero-order chi connectivity index (χ0) is 10.1. The van der Waals surface area contributed by atoms with Crippen LogP contribution < -0.4 is 5.32 Å². The van der Waals surface area contributed by atoms with Crippen LogP contribution in [0.4, 0.5) is 4.79 Å². The number of rotatable bonds is 5. The smallest absolute Gasteiger partial charge is 0.407 e. The van der Waals surface area contributed by atoms with Gasteiger partial charge in [0.25, 0.3) is 0 Å². The van der Waals surface area contributed by atoms with Crippen molar-refractivity contribution in [1.82, 2.24) is 5.32 Å². The maximum atomic E-state index is 10.8. The third-order valence-corrected chi connectivity index (χ3v) is 1.01. The molecular formula is C8H13NO4. The number of esters is 1. The summed E-state index contributed by atoms with van der Waals surface area (Å²) in [6.45, 7) is 5.27. The van der Waals surface area contributed by atoms with Crippen molar-refractivity contribution in [3.05, 3.63) is 12.7 Å². The molecule has 0 heterocycles. The summed E-state index contributed by atoms with van der Waals surface area (Å²) in [5.41, 5.74) is 0. The summed E-state index contributed by atoms with van der Waals surface area (Å²) in [5, 5.41) is 2.22. The molecule has 0 rings (SSSR count). The van der Waals surface area contributed by atoms with Gasteiger partial charge in [-0.3, -0.25) is 4.79 Å². The van der Waals surface area contributed by atoms with Gasteiger partial charge in [0, 0.05) is 0 Å². The minimum atomic E-state index is -0.627. The fourth-order valence-corrected chi connectivity index (χ4v) is 0.529. The molecular weight excluding hydrogens is 174 g/mol. The van der Waals surface area contributed by atoms with Crippen LogP contribution in [-0.2, 0) is 14.3 Å². The van der Waals surface area contributed by atoms with Gasteiger partial charge in [-0.2, -0.15) is 0 Å². The molecule has 0 radical (unpaired) electrons. The number of ether oxygens (including phenoxy) is 2. The minimum Gasteiger partial charge on any atom is -0.460 e. The standard InChI is InChI=1S/C8H13NO4/c1-3-5-13-7(10)6-9-8(11)12-4-2/h3H,1,4-6H2,2H3,(H,9,11). The van der Waals surface area contributed by atoms with Gasteiger partial charge in [0.05, 0.1) is 6.61 Å². The molecule has 0 saturated carbocycles. The molecule has 0 aliphatic rings. The molecule has 5 heteroatoms. The van der Waals surface area contributed by atoms with E-state index in [4.69, 9.17) is 0 Å². The Balaban J connectivity index is 3.45. The number of alkyl carbamates (subject to hydrolysis) is 1. The highest BCUT2D eigenvalue weighted by Crippen LogP contribution is 1.79. The molecule has 0 aliphatic heterocycles. The summed E-state index contributed by atoms with van der Waals surface area (Å²) in [6, 6.07) is 0. The summed E-state index contributed by atoms with van der Waals surface area (Å²) in [7, 11) is 0. The largest absolute Gasteiger partial charge is 0.460 e. The van der Waals surface area contributed by atoms with Crippen LogP contribution in [0.15, 0.2) is 12.7 Å². The molecule has 0 saturated heterocycles. The van der Waals surface area contributed by atoms with Gasteiger partial charge in [0.2, 0.25) is 0 Å². The molecule has 1 N–H and O–H groups in total. The molecule has 74 valence electrons.